The Balaban J connectivity index is 1.56. The number of amides is 5. The number of nitrogens with one attached hydrogen (secondary N) is 2. The number of carboxylic acids is 1. The first-order valence-corrected chi connectivity index (χ1v) is 12.2. The average Bonchev–Trinajstić information content (AvgIpc) is 3.21. The zero-order chi connectivity index (χ0) is 27.7. The van der Waals surface area contributed by atoms with E-state index >= 15 is 0 Å². The van der Waals surface area contributed by atoms with Crippen LogP contribution in [0.25, 0.3) is 0 Å². The van der Waals surface area contributed by atoms with Crippen molar-refractivity contribution in [1.82, 2.24) is 25.4 Å². The van der Waals surface area contributed by atoms with Crippen molar-refractivity contribution < 1.29 is 43.1 Å². The van der Waals surface area contributed by atoms with Gasteiger partial charge in [0.15, 0.2) is 11.2 Å². The van der Waals surface area contributed by atoms with Crippen molar-refractivity contribution in [3.05, 3.63) is 40.2 Å². The zero-order valence-electron chi connectivity index (χ0n) is 19.8. The van der Waals surface area contributed by atoms with E-state index in [4.69, 9.17) is 10.4 Å². The summed E-state index contributed by atoms with van der Waals surface area (Å²) in [5.41, 5.74) is 5.22. The second-order valence-corrected chi connectivity index (χ2v) is 9.34. The van der Waals surface area contributed by atoms with Crippen molar-refractivity contribution in [1.29, 1.82) is 0 Å². The van der Waals surface area contributed by atoms with Crippen molar-refractivity contribution in [2.24, 2.45) is 0 Å². The molecule has 0 aliphatic carbocycles. The fraction of sp³-hybridized carbons (Fsp3) is 0.333. The molecule has 14 nitrogen and oxygen atoms in total. The highest BCUT2D eigenvalue weighted by atomic mass is 32.1. The molecule has 3 heterocycles. The van der Waals surface area contributed by atoms with Gasteiger partial charge in [0.05, 0.1) is 11.5 Å². The van der Waals surface area contributed by atoms with Crippen LogP contribution in [0, 0.1) is 5.13 Å². The van der Waals surface area contributed by atoms with Gasteiger partial charge >= 0.3 is 30.9 Å². The highest BCUT2D eigenvalue weighted by Gasteiger charge is 2.42. The number of nitrogen functional groups attached to an aromatic ring is 1. The van der Waals surface area contributed by atoms with Crippen molar-refractivity contribution in [2.75, 3.05) is 25.4 Å². The Bertz CT molecular complexity index is 1320. The molecule has 2 aliphatic heterocycles. The van der Waals surface area contributed by atoms with Gasteiger partial charge in [-0.3, -0.25) is 19.3 Å². The van der Waals surface area contributed by atoms with Crippen LogP contribution in [0.5, 0.6) is 5.75 Å². The number of aromatic carboxylic acids is 1. The lowest BCUT2D eigenvalue weighted by molar-refractivity contribution is -0.153. The fourth-order valence-corrected chi connectivity index (χ4v) is 4.71. The number of carbonyl (C=O) groups excluding carboxylic acids is 4. The number of nitrogens with two attached hydrogens (primary N) is 1. The zero-order valence-corrected chi connectivity index (χ0v) is 20.7. The van der Waals surface area contributed by atoms with E-state index in [1.165, 1.54) is 17.0 Å². The van der Waals surface area contributed by atoms with Crippen LogP contribution in [0.3, 0.4) is 0 Å². The van der Waals surface area contributed by atoms with E-state index in [1.807, 2.05) is 0 Å². The van der Waals surface area contributed by atoms with E-state index in [2.05, 4.69) is 15.6 Å². The van der Waals surface area contributed by atoms with E-state index in [0.29, 0.717) is 21.8 Å². The molecule has 200 valence electrons. The summed E-state index contributed by atoms with van der Waals surface area (Å²) in [6, 6.07) is 1.37. The first-order chi connectivity index (χ1) is 18.0. The molecule has 1 unspecified atom stereocenters. The number of anilines is 1. The van der Waals surface area contributed by atoms with Gasteiger partial charge in [-0.15, -0.1) is 0 Å². The predicted octanol–water partition coefficient (Wildman–Crippen LogP) is -0.856. The van der Waals surface area contributed by atoms with Gasteiger partial charge in [-0.2, -0.15) is 4.39 Å². The molecule has 0 bridgehead atoms. The summed E-state index contributed by atoms with van der Waals surface area (Å²) in [6.07, 6.45) is -0.0579. The third kappa shape index (κ3) is 5.10. The summed E-state index contributed by atoms with van der Waals surface area (Å²) in [5.74, 6) is -5.51. The number of urea groups is 1. The molecular weight excluding hydrogens is 526 g/mol. The summed E-state index contributed by atoms with van der Waals surface area (Å²) in [4.78, 5) is 67.9. The molecule has 4 rings (SSSR count). The first kappa shape index (κ1) is 26.8. The van der Waals surface area contributed by atoms with Crippen molar-refractivity contribution in [2.45, 2.75) is 25.3 Å². The molecule has 2 aliphatic rings. The lowest BCUT2D eigenvalue weighted by atomic mass is 9.72. The summed E-state index contributed by atoms with van der Waals surface area (Å²) in [6.45, 7) is 1.85. The number of imide groups is 1. The van der Waals surface area contributed by atoms with Crippen LogP contribution in [0.2, 0.25) is 0 Å². The minimum atomic E-state index is -1.80. The SMILES string of the molecule is CCN1CCN(C(=O)NC(C(=O)N[C@H]2Cc3cccc(C(=O)O)c3OB2O)c2nc(N)sc2F)C(=O)C1=O. The summed E-state index contributed by atoms with van der Waals surface area (Å²) >= 11 is 0.421. The number of hydrogen-bond donors (Lipinski definition) is 5. The fourth-order valence-electron chi connectivity index (χ4n) is 4.12. The maximum atomic E-state index is 14.6. The number of thiazole rings is 1. The standard InChI is InChI=1S/C21H22BFN6O8S/c1-2-28-6-7-29(18(32)17(28)31)21(35)27-13(12-15(23)38-20(24)26-12)16(30)25-11-8-9-4-3-5-10(19(33)34)14(9)37-22(11)36/h3-5,11,13,36H,2,6-8H2,1H3,(H2,24,26)(H,25,30)(H,27,35)(H,33,34)/t11-,13?/m0/s1. The number of nitrogens with zero attached hydrogens (tertiary/aromatic N) is 3. The number of hydrogen-bond acceptors (Lipinski definition) is 10. The average molecular weight is 548 g/mol. The van der Waals surface area contributed by atoms with Gasteiger partial charge < -0.3 is 36.1 Å². The summed E-state index contributed by atoms with van der Waals surface area (Å²) in [5, 5.41) is 23.3. The smallest absolute Gasteiger partial charge is 0.534 e. The Kier molecular flexibility index (Phi) is 7.50. The molecule has 38 heavy (non-hydrogen) atoms. The topological polar surface area (TPSA) is 204 Å². The molecule has 2 aromatic rings. The van der Waals surface area contributed by atoms with E-state index in [1.54, 1.807) is 13.0 Å². The summed E-state index contributed by atoms with van der Waals surface area (Å²) in [7, 11) is -1.69. The number of benzene rings is 1. The molecule has 5 amide bonds. The van der Waals surface area contributed by atoms with Crippen LogP contribution < -0.4 is 21.0 Å². The van der Waals surface area contributed by atoms with Crippen LogP contribution >= 0.6 is 11.3 Å². The number of likely N-dealkylation sites (N-methyl/N-ethyl adjacent to an activating group) is 1. The number of halogens is 1. The van der Waals surface area contributed by atoms with E-state index < -0.39 is 59.6 Å². The largest absolute Gasteiger partial charge is 0.547 e. The van der Waals surface area contributed by atoms with Gasteiger partial charge in [-0.05, 0) is 25.0 Å². The molecule has 2 atom stereocenters. The third-order valence-electron chi connectivity index (χ3n) is 6.04. The van der Waals surface area contributed by atoms with Crippen LogP contribution in [-0.4, -0.2) is 87.3 Å². The van der Waals surface area contributed by atoms with Gasteiger partial charge in [0.2, 0.25) is 11.0 Å². The normalized spacial score (nSPS) is 18.0. The van der Waals surface area contributed by atoms with Crippen molar-refractivity contribution in [3.8, 4) is 5.75 Å². The molecule has 0 spiro atoms. The highest BCUT2D eigenvalue weighted by molar-refractivity contribution is 7.13. The Morgan fingerprint density at radius 1 is 1.32 bits per heavy atom. The number of aromatic nitrogens is 1. The van der Waals surface area contributed by atoms with Gasteiger partial charge in [0, 0.05) is 19.6 Å². The monoisotopic (exact) mass is 548 g/mol. The number of rotatable bonds is 6. The van der Waals surface area contributed by atoms with Crippen LogP contribution in [0.15, 0.2) is 18.2 Å². The van der Waals surface area contributed by atoms with Gasteiger partial charge in [0.25, 0.3) is 0 Å². The van der Waals surface area contributed by atoms with Gasteiger partial charge in [-0.1, -0.05) is 23.5 Å². The maximum Gasteiger partial charge on any atom is 0.547 e. The van der Waals surface area contributed by atoms with Crippen LogP contribution in [-0.2, 0) is 20.8 Å². The Morgan fingerprint density at radius 2 is 2.05 bits per heavy atom. The van der Waals surface area contributed by atoms with E-state index in [0.717, 1.165) is 0 Å². The number of para-hydroxylation sites is 1. The minimum Gasteiger partial charge on any atom is -0.534 e. The van der Waals surface area contributed by atoms with Gasteiger partial charge in [0.1, 0.15) is 11.4 Å². The van der Waals surface area contributed by atoms with E-state index in [-0.39, 0.29) is 42.5 Å². The second kappa shape index (κ2) is 10.6. The van der Waals surface area contributed by atoms with Crippen LogP contribution in [0.1, 0.15) is 34.6 Å². The Hall–Kier alpha value is -4.25. The number of piperazine rings is 1. The number of fused-ring (bicyclic) bond motifs is 1. The van der Waals surface area contributed by atoms with Crippen LogP contribution in [0.4, 0.5) is 14.3 Å². The Labute approximate surface area is 218 Å². The lowest BCUT2D eigenvalue weighted by Crippen LogP contribution is -2.60. The molecule has 6 N–H and O–H groups in total. The van der Waals surface area contributed by atoms with Crippen molar-refractivity contribution >= 4 is 53.3 Å². The quantitative estimate of drug-likeness (QED) is 0.223. The molecule has 1 saturated heterocycles. The molecule has 1 aromatic heterocycles. The molecule has 0 saturated carbocycles. The number of carboxylic acid groups (broad SMARTS) is 1. The molecular formula is C21H22BFN6O8S. The van der Waals surface area contributed by atoms with E-state index in [9.17, 15) is 38.5 Å². The highest BCUT2D eigenvalue weighted by Crippen LogP contribution is 2.31. The predicted molar refractivity (Wildman–Crippen MR) is 129 cm³/mol. The third-order valence-corrected chi connectivity index (χ3v) is 6.73. The Morgan fingerprint density at radius 3 is 2.68 bits per heavy atom. The molecule has 1 aromatic carbocycles. The van der Waals surface area contributed by atoms with Crippen molar-refractivity contribution in [3.63, 3.8) is 0 Å². The minimum absolute atomic E-state index is 0.0579. The maximum absolute atomic E-state index is 14.6. The lowest BCUT2D eigenvalue weighted by Gasteiger charge is -2.33. The summed E-state index contributed by atoms with van der Waals surface area (Å²) < 4.78 is 19.9. The van der Waals surface area contributed by atoms with Gasteiger partial charge in [-0.25, -0.2) is 14.6 Å². The first-order valence-electron chi connectivity index (χ1n) is 11.3. The molecule has 17 heteroatoms. The number of carbonyl (C=O) groups is 5. The molecule has 1 fully saturated rings. The molecule has 0 radical (unpaired) electrons. The second-order valence-electron chi connectivity index (χ2n) is 8.36.